The number of hydrogen-bond acceptors (Lipinski definition) is 6. The first kappa shape index (κ1) is 35.4. The van der Waals surface area contributed by atoms with E-state index in [1.807, 2.05) is 0 Å². The lowest BCUT2D eigenvalue weighted by atomic mass is 10.0. The molecule has 0 aromatic carbocycles. The lowest BCUT2D eigenvalue weighted by molar-refractivity contribution is -0.141. The van der Waals surface area contributed by atoms with Crippen molar-refractivity contribution < 1.29 is 28.4 Å². The first-order valence-electron chi connectivity index (χ1n) is 16.6. The van der Waals surface area contributed by atoms with E-state index in [0.29, 0.717) is 0 Å². The molecule has 0 bridgehead atoms. The highest BCUT2D eigenvalue weighted by atomic mass is 16.7. The number of hydrogen-bond donors (Lipinski definition) is 0. The summed E-state index contributed by atoms with van der Waals surface area (Å²) in [5, 5.41) is 0. The van der Waals surface area contributed by atoms with E-state index in [2.05, 4.69) is 38.2 Å². The van der Waals surface area contributed by atoms with Crippen LogP contribution in [-0.4, -0.2) is 64.4 Å². The Balaban J connectivity index is 1.78. The molecule has 0 radical (unpaired) electrons. The first-order valence-corrected chi connectivity index (χ1v) is 16.6. The third-order valence-corrected chi connectivity index (χ3v) is 8.18. The summed E-state index contributed by atoms with van der Waals surface area (Å²) in [6.07, 6.45) is 31.0. The molecular weight excluding hydrogens is 504 g/mol. The zero-order valence-electron chi connectivity index (χ0n) is 26.4. The highest BCUT2D eigenvalue weighted by Gasteiger charge is 2.41. The summed E-state index contributed by atoms with van der Waals surface area (Å²) in [5.74, 6) is 0. The van der Waals surface area contributed by atoms with Crippen LogP contribution < -0.4 is 0 Å². The van der Waals surface area contributed by atoms with Crippen LogP contribution in [0.2, 0.25) is 0 Å². The van der Waals surface area contributed by atoms with Gasteiger partial charge in [-0.3, -0.25) is 0 Å². The average molecular weight is 567 g/mol. The van der Waals surface area contributed by atoms with Crippen molar-refractivity contribution in [3.63, 3.8) is 0 Å². The molecule has 2 saturated heterocycles. The molecule has 0 unspecified atom stereocenters. The summed E-state index contributed by atoms with van der Waals surface area (Å²) < 4.78 is 35.6. The Morgan fingerprint density at radius 2 is 0.975 bits per heavy atom. The van der Waals surface area contributed by atoms with Crippen molar-refractivity contribution in [3.05, 3.63) is 24.3 Å². The summed E-state index contributed by atoms with van der Waals surface area (Å²) in [7, 11) is 3.35. The van der Waals surface area contributed by atoms with E-state index in [1.165, 1.54) is 77.0 Å². The van der Waals surface area contributed by atoms with Gasteiger partial charge >= 0.3 is 0 Å². The predicted molar refractivity (Wildman–Crippen MR) is 164 cm³/mol. The molecule has 0 N–H and O–H groups in total. The van der Waals surface area contributed by atoms with Crippen LogP contribution in [0.15, 0.2) is 24.3 Å². The Morgan fingerprint density at radius 3 is 1.38 bits per heavy atom. The fourth-order valence-corrected chi connectivity index (χ4v) is 5.82. The number of unbranched alkanes of at least 4 members (excludes halogenated alkanes) is 12. The van der Waals surface area contributed by atoms with Gasteiger partial charge in [0.15, 0.2) is 0 Å². The van der Waals surface area contributed by atoms with Gasteiger partial charge in [0.2, 0.25) is 0 Å². The molecule has 0 spiro atoms. The Morgan fingerprint density at radius 1 is 0.575 bits per heavy atom. The van der Waals surface area contributed by atoms with Crippen molar-refractivity contribution in [2.45, 2.75) is 166 Å². The Bertz CT molecular complexity index is 584. The fraction of sp³-hybridized carbons (Fsp3) is 0.882. The molecule has 2 aliphatic heterocycles. The van der Waals surface area contributed by atoms with Crippen LogP contribution in [0, 0.1) is 0 Å². The molecule has 0 aromatic rings. The number of methoxy groups -OCH3 is 2. The van der Waals surface area contributed by atoms with Crippen molar-refractivity contribution in [2.24, 2.45) is 0 Å². The highest BCUT2D eigenvalue weighted by Crippen LogP contribution is 2.35. The summed E-state index contributed by atoms with van der Waals surface area (Å²) in [6, 6.07) is 0. The quantitative estimate of drug-likeness (QED) is 0.0626. The molecule has 2 aliphatic rings. The topological polar surface area (TPSA) is 55.4 Å². The molecule has 2 rings (SSSR count). The van der Waals surface area contributed by atoms with Crippen LogP contribution >= 0.6 is 0 Å². The maximum Gasteiger partial charge on any atom is 0.147 e. The third-order valence-electron chi connectivity index (χ3n) is 8.18. The van der Waals surface area contributed by atoms with E-state index in [4.69, 9.17) is 28.4 Å². The van der Waals surface area contributed by atoms with Crippen LogP contribution in [0.3, 0.4) is 0 Å². The molecule has 0 saturated carbocycles. The van der Waals surface area contributed by atoms with Gasteiger partial charge in [0.05, 0.1) is 24.4 Å². The molecule has 2 fully saturated rings. The minimum Gasteiger partial charge on any atom is -0.369 e. The van der Waals surface area contributed by atoms with Gasteiger partial charge in [0.1, 0.15) is 25.8 Å². The van der Waals surface area contributed by atoms with Crippen molar-refractivity contribution in [1.29, 1.82) is 0 Å². The largest absolute Gasteiger partial charge is 0.369 e. The number of rotatable bonds is 25. The molecular formula is C34H62O6. The lowest BCUT2D eigenvalue weighted by Gasteiger charge is -2.25. The Kier molecular flexibility index (Phi) is 21.1. The molecule has 6 atom stereocenters. The predicted octanol–water partition coefficient (Wildman–Crippen LogP) is 8.67. The number of ether oxygens (including phenoxy) is 6. The van der Waals surface area contributed by atoms with E-state index < -0.39 is 0 Å². The van der Waals surface area contributed by atoms with Gasteiger partial charge in [0, 0.05) is 14.2 Å². The molecule has 6 nitrogen and oxygen atoms in total. The second-order valence-electron chi connectivity index (χ2n) is 11.6. The van der Waals surface area contributed by atoms with Gasteiger partial charge in [-0.25, -0.2) is 0 Å². The first-order chi connectivity index (χ1) is 19.7. The molecule has 0 aliphatic carbocycles. The van der Waals surface area contributed by atoms with E-state index >= 15 is 0 Å². The summed E-state index contributed by atoms with van der Waals surface area (Å²) >= 11 is 0. The van der Waals surface area contributed by atoms with Crippen LogP contribution in [0.25, 0.3) is 0 Å². The smallest absolute Gasteiger partial charge is 0.147 e. The molecule has 2 heterocycles. The van der Waals surface area contributed by atoms with Crippen molar-refractivity contribution in [2.75, 3.05) is 27.8 Å². The maximum atomic E-state index is 6.55. The van der Waals surface area contributed by atoms with E-state index in [1.54, 1.807) is 14.2 Å². The van der Waals surface area contributed by atoms with Gasteiger partial charge < -0.3 is 28.4 Å². The average Bonchev–Trinajstić information content (AvgIpc) is 3.65. The van der Waals surface area contributed by atoms with Gasteiger partial charge in [-0.1, -0.05) is 102 Å². The molecule has 6 heteroatoms. The fourth-order valence-electron chi connectivity index (χ4n) is 5.82. The van der Waals surface area contributed by atoms with Crippen LogP contribution in [0.1, 0.15) is 129 Å². The van der Waals surface area contributed by atoms with Crippen LogP contribution in [-0.2, 0) is 28.4 Å². The van der Waals surface area contributed by atoms with Gasteiger partial charge in [0.25, 0.3) is 0 Å². The monoisotopic (exact) mass is 566 g/mol. The Labute approximate surface area is 246 Å². The van der Waals surface area contributed by atoms with E-state index in [-0.39, 0.29) is 50.2 Å². The van der Waals surface area contributed by atoms with E-state index in [9.17, 15) is 0 Å². The van der Waals surface area contributed by atoms with Crippen molar-refractivity contribution >= 4 is 0 Å². The minimum absolute atomic E-state index is 0.0429. The van der Waals surface area contributed by atoms with E-state index in [0.717, 1.165) is 38.5 Å². The van der Waals surface area contributed by atoms with Gasteiger partial charge in [-0.15, -0.1) is 0 Å². The molecule has 40 heavy (non-hydrogen) atoms. The zero-order valence-corrected chi connectivity index (χ0v) is 26.4. The third kappa shape index (κ3) is 14.9. The van der Waals surface area contributed by atoms with Crippen LogP contribution in [0.4, 0.5) is 0 Å². The second-order valence-corrected chi connectivity index (χ2v) is 11.6. The highest BCUT2D eigenvalue weighted by molar-refractivity contribution is 5.00. The standard InChI is InChI=1S/C34H62O6/c1-5-7-9-11-13-15-17-19-21-29(37-27-35-3)31-23-25-33(39-31)34-26-24-32(40-34)30(38-28-36-4)22-20-18-16-14-12-10-8-6-2/h19-22,29-34H,5-18,23-28H2,1-4H3/b21-19+,22-20+/t29-,30-,31-,32-,33-,34-/m1/s1. The normalized spacial score (nSPS) is 25.0. The van der Waals surface area contributed by atoms with Crippen molar-refractivity contribution in [1.82, 2.24) is 0 Å². The summed E-state index contributed by atoms with van der Waals surface area (Å²) in [4.78, 5) is 0. The second kappa shape index (κ2) is 23.8. The van der Waals surface area contributed by atoms with Gasteiger partial charge in [-0.05, 0) is 51.4 Å². The Hall–Kier alpha value is -0.760. The SMILES string of the molecule is CCCCCCCC/C=C/[C@@H](OCOC)[C@H]1CC[C@H]([C@H]2CC[C@H]([C@@H](/C=C/CCCCCCCC)OCOC)O2)O1. The van der Waals surface area contributed by atoms with Crippen LogP contribution in [0.5, 0.6) is 0 Å². The van der Waals surface area contributed by atoms with Gasteiger partial charge in [-0.2, -0.15) is 0 Å². The minimum atomic E-state index is -0.0788. The molecule has 0 aromatic heterocycles. The molecule has 234 valence electrons. The number of allylic oxidation sites excluding steroid dienone is 2. The van der Waals surface area contributed by atoms with Crippen molar-refractivity contribution in [3.8, 4) is 0 Å². The summed E-state index contributed by atoms with van der Waals surface area (Å²) in [6.45, 7) is 5.09. The summed E-state index contributed by atoms with van der Waals surface area (Å²) in [5.41, 5.74) is 0. The zero-order chi connectivity index (χ0) is 28.7. The molecule has 0 amide bonds. The lowest BCUT2D eigenvalue weighted by Crippen LogP contribution is -2.34. The maximum absolute atomic E-state index is 6.55.